The summed E-state index contributed by atoms with van der Waals surface area (Å²) in [4.78, 5) is 29.4. The molecule has 0 saturated heterocycles. The minimum absolute atomic E-state index is 0.136. The van der Waals surface area contributed by atoms with Gasteiger partial charge in [0.15, 0.2) is 5.65 Å². The Morgan fingerprint density at radius 2 is 1.87 bits per heavy atom. The molecule has 2 aromatic heterocycles. The Labute approximate surface area is 176 Å². The van der Waals surface area contributed by atoms with Crippen LogP contribution in [0.3, 0.4) is 0 Å². The van der Waals surface area contributed by atoms with Gasteiger partial charge in [0.1, 0.15) is 24.0 Å². The average molecular weight is 424 g/mol. The number of amides is 1. The van der Waals surface area contributed by atoms with E-state index in [2.05, 4.69) is 15.4 Å². The molecule has 1 amide bonds. The number of hydrogen-bond acceptors (Lipinski definition) is 5. The molecule has 152 valence electrons. The monoisotopic (exact) mass is 423 g/mol. The molecule has 0 aliphatic rings. The molecule has 8 nitrogen and oxygen atoms in total. The molecule has 4 aromatic rings. The molecule has 0 saturated carbocycles. The van der Waals surface area contributed by atoms with E-state index in [-0.39, 0.29) is 18.0 Å². The molecule has 0 radical (unpaired) electrons. The van der Waals surface area contributed by atoms with Crippen LogP contribution in [0.4, 0.5) is 0 Å². The summed E-state index contributed by atoms with van der Waals surface area (Å²) in [5, 5.41) is 8.02. The van der Waals surface area contributed by atoms with Crippen molar-refractivity contribution in [3.8, 4) is 11.4 Å². The van der Waals surface area contributed by atoms with Gasteiger partial charge in [-0.3, -0.25) is 14.2 Å². The molecule has 30 heavy (non-hydrogen) atoms. The van der Waals surface area contributed by atoms with Crippen molar-refractivity contribution in [2.45, 2.75) is 13.1 Å². The summed E-state index contributed by atoms with van der Waals surface area (Å²) in [7, 11) is 1.59. The summed E-state index contributed by atoms with van der Waals surface area (Å²) in [6, 6.07) is 14.4. The summed E-state index contributed by atoms with van der Waals surface area (Å²) in [5.41, 5.74) is 1.75. The largest absolute Gasteiger partial charge is 0.497 e. The van der Waals surface area contributed by atoms with Crippen LogP contribution in [0.2, 0.25) is 5.02 Å². The molecule has 0 aliphatic carbocycles. The smallest absolute Gasteiger partial charge is 0.264 e. The van der Waals surface area contributed by atoms with Crippen LogP contribution in [0.1, 0.15) is 5.56 Å². The van der Waals surface area contributed by atoms with Crippen LogP contribution >= 0.6 is 11.6 Å². The Morgan fingerprint density at radius 3 is 2.57 bits per heavy atom. The minimum atomic E-state index is -0.332. The Morgan fingerprint density at radius 1 is 1.13 bits per heavy atom. The van der Waals surface area contributed by atoms with Crippen molar-refractivity contribution in [3.63, 3.8) is 0 Å². The summed E-state index contributed by atoms with van der Waals surface area (Å²) >= 11 is 5.86. The van der Waals surface area contributed by atoms with Crippen LogP contribution in [0.15, 0.2) is 65.8 Å². The molecular formula is C21H18ClN5O3. The number of carbonyl (C=O) groups is 1. The fourth-order valence-corrected chi connectivity index (χ4v) is 3.11. The number of rotatable bonds is 6. The van der Waals surface area contributed by atoms with E-state index < -0.39 is 0 Å². The van der Waals surface area contributed by atoms with Crippen LogP contribution < -0.4 is 15.6 Å². The van der Waals surface area contributed by atoms with E-state index >= 15 is 0 Å². The van der Waals surface area contributed by atoms with E-state index in [1.165, 1.54) is 17.1 Å². The third-order valence-corrected chi connectivity index (χ3v) is 4.84. The molecule has 2 heterocycles. The number of nitrogens with one attached hydrogen (secondary N) is 1. The fraction of sp³-hybridized carbons (Fsp3) is 0.143. The van der Waals surface area contributed by atoms with Crippen LogP contribution in [0, 0.1) is 0 Å². The molecule has 0 atom stereocenters. The number of ether oxygens (including phenoxy) is 1. The Bertz CT molecular complexity index is 1250. The first-order valence-corrected chi connectivity index (χ1v) is 9.51. The molecule has 4 rings (SSSR count). The lowest BCUT2D eigenvalue weighted by Crippen LogP contribution is -2.32. The normalized spacial score (nSPS) is 10.9. The van der Waals surface area contributed by atoms with Crippen molar-refractivity contribution >= 4 is 28.5 Å². The number of methoxy groups -OCH3 is 1. The highest BCUT2D eigenvalue weighted by molar-refractivity contribution is 6.30. The highest BCUT2D eigenvalue weighted by atomic mass is 35.5. The quantitative estimate of drug-likeness (QED) is 0.514. The zero-order chi connectivity index (χ0) is 21.1. The predicted octanol–water partition coefficient (Wildman–Crippen LogP) is 2.56. The van der Waals surface area contributed by atoms with Gasteiger partial charge in [0.05, 0.1) is 19.0 Å². The maximum absolute atomic E-state index is 12.8. The third kappa shape index (κ3) is 4.04. The summed E-state index contributed by atoms with van der Waals surface area (Å²) in [6.45, 7) is 0.207. The Kier molecular flexibility index (Phi) is 5.49. The van der Waals surface area contributed by atoms with Gasteiger partial charge in [-0.2, -0.15) is 5.10 Å². The van der Waals surface area contributed by atoms with Gasteiger partial charge in [-0.05, 0) is 42.0 Å². The van der Waals surface area contributed by atoms with Crippen molar-refractivity contribution < 1.29 is 9.53 Å². The van der Waals surface area contributed by atoms with Gasteiger partial charge in [-0.1, -0.05) is 23.7 Å². The molecular weight excluding hydrogens is 406 g/mol. The maximum Gasteiger partial charge on any atom is 0.264 e. The van der Waals surface area contributed by atoms with E-state index in [1.54, 1.807) is 36.1 Å². The summed E-state index contributed by atoms with van der Waals surface area (Å²) in [5.74, 6) is 0.422. The topological polar surface area (TPSA) is 91.0 Å². The average Bonchev–Trinajstić information content (AvgIpc) is 3.20. The van der Waals surface area contributed by atoms with Gasteiger partial charge in [0, 0.05) is 11.6 Å². The Hall–Kier alpha value is -3.65. The molecule has 0 aliphatic heterocycles. The zero-order valence-electron chi connectivity index (χ0n) is 16.1. The predicted molar refractivity (Wildman–Crippen MR) is 113 cm³/mol. The van der Waals surface area contributed by atoms with Crippen LogP contribution in [-0.4, -0.2) is 32.3 Å². The standard InChI is InChI=1S/C21H18ClN5O3/c1-30-17-8-6-16(7-9-17)27-20-18(11-25-27)21(29)26(13-24-20)12-19(28)23-10-14-2-4-15(22)5-3-14/h2-9,11,13H,10,12H2,1H3,(H,23,28). The van der Waals surface area contributed by atoms with E-state index in [1.807, 2.05) is 24.3 Å². The maximum atomic E-state index is 12.8. The molecule has 0 bridgehead atoms. The first kappa shape index (κ1) is 19.7. The molecule has 0 fully saturated rings. The fourth-order valence-electron chi connectivity index (χ4n) is 2.99. The molecule has 9 heteroatoms. The number of halogens is 1. The lowest BCUT2D eigenvalue weighted by molar-refractivity contribution is -0.121. The van der Waals surface area contributed by atoms with Gasteiger partial charge in [-0.25, -0.2) is 9.67 Å². The van der Waals surface area contributed by atoms with Gasteiger partial charge in [0.25, 0.3) is 5.56 Å². The third-order valence-electron chi connectivity index (χ3n) is 4.59. The van der Waals surface area contributed by atoms with Crippen molar-refractivity contribution in [2.24, 2.45) is 0 Å². The second-order valence-electron chi connectivity index (χ2n) is 6.57. The van der Waals surface area contributed by atoms with Crippen LogP contribution in [0.25, 0.3) is 16.7 Å². The summed E-state index contributed by atoms with van der Waals surface area (Å²) < 4.78 is 7.99. The van der Waals surface area contributed by atoms with Gasteiger partial charge in [-0.15, -0.1) is 0 Å². The van der Waals surface area contributed by atoms with E-state index in [4.69, 9.17) is 16.3 Å². The van der Waals surface area contributed by atoms with Gasteiger partial charge < -0.3 is 10.1 Å². The van der Waals surface area contributed by atoms with Crippen molar-refractivity contribution in [2.75, 3.05) is 7.11 Å². The van der Waals surface area contributed by atoms with E-state index in [0.717, 1.165) is 17.0 Å². The molecule has 1 N–H and O–H groups in total. The van der Waals surface area contributed by atoms with Crippen molar-refractivity contribution in [1.82, 2.24) is 24.6 Å². The first-order chi connectivity index (χ1) is 14.5. The van der Waals surface area contributed by atoms with Gasteiger partial charge in [0.2, 0.25) is 5.91 Å². The summed E-state index contributed by atoms with van der Waals surface area (Å²) in [6.07, 6.45) is 2.81. The number of carbonyl (C=O) groups excluding carboxylic acids is 1. The van der Waals surface area contributed by atoms with Crippen molar-refractivity contribution in [3.05, 3.63) is 82.0 Å². The first-order valence-electron chi connectivity index (χ1n) is 9.14. The van der Waals surface area contributed by atoms with Gasteiger partial charge >= 0.3 is 0 Å². The highest BCUT2D eigenvalue weighted by Gasteiger charge is 2.13. The van der Waals surface area contributed by atoms with E-state index in [9.17, 15) is 9.59 Å². The molecule has 2 aromatic carbocycles. The highest BCUT2D eigenvalue weighted by Crippen LogP contribution is 2.17. The second kappa shape index (κ2) is 8.38. The number of hydrogen-bond donors (Lipinski definition) is 1. The number of fused-ring (bicyclic) bond motifs is 1. The van der Waals surface area contributed by atoms with Crippen LogP contribution in [0.5, 0.6) is 5.75 Å². The number of benzene rings is 2. The lowest BCUT2D eigenvalue weighted by Gasteiger charge is -2.08. The Balaban J connectivity index is 1.51. The number of aromatic nitrogens is 4. The minimum Gasteiger partial charge on any atom is -0.497 e. The number of nitrogens with zero attached hydrogens (tertiary/aromatic N) is 4. The zero-order valence-corrected chi connectivity index (χ0v) is 16.8. The van der Waals surface area contributed by atoms with Crippen LogP contribution in [-0.2, 0) is 17.9 Å². The second-order valence-corrected chi connectivity index (χ2v) is 7.01. The lowest BCUT2D eigenvalue weighted by atomic mass is 10.2. The molecule has 0 unspecified atom stereocenters. The SMILES string of the molecule is COc1ccc(-n2ncc3c(=O)n(CC(=O)NCc4ccc(Cl)cc4)cnc32)cc1. The molecule has 0 spiro atoms. The van der Waals surface area contributed by atoms with Crippen molar-refractivity contribution in [1.29, 1.82) is 0 Å². The van der Waals surface area contributed by atoms with E-state index in [0.29, 0.717) is 22.6 Å².